The predicted molar refractivity (Wildman–Crippen MR) is 112 cm³/mol. The van der Waals surface area contributed by atoms with Crippen molar-refractivity contribution in [1.82, 2.24) is 20.0 Å². The van der Waals surface area contributed by atoms with E-state index in [4.69, 9.17) is 0 Å². The third-order valence-corrected chi connectivity index (χ3v) is 6.21. The summed E-state index contributed by atoms with van der Waals surface area (Å²) in [5, 5.41) is 21.7. The lowest BCUT2D eigenvalue weighted by Crippen LogP contribution is -2.13. The maximum atomic E-state index is 11.5. The number of rotatable bonds is 5. The molecule has 1 aliphatic carbocycles. The van der Waals surface area contributed by atoms with Crippen molar-refractivity contribution in [1.29, 1.82) is 0 Å². The van der Waals surface area contributed by atoms with Crippen LogP contribution in [0.1, 0.15) is 53.6 Å². The van der Waals surface area contributed by atoms with Crippen LogP contribution in [-0.4, -0.2) is 31.1 Å². The van der Waals surface area contributed by atoms with Gasteiger partial charge in [-0.15, -0.1) is 5.10 Å². The number of aromatic nitrogens is 4. The Kier molecular flexibility index (Phi) is 4.54. The molecule has 0 unspecified atom stereocenters. The Morgan fingerprint density at radius 3 is 2.83 bits per heavy atom. The molecule has 2 N–H and O–H groups in total. The summed E-state index contributed by atoms with van der Waals surface area (Å²) in [6, 6.07) is 11.6. The van der Waals surface area contributed by atoms with Crippen LogP contribution in [0.25, 0.3) is 21.9 Å². The highest BCUT2D eigenvalue weighted by molar-refractivity contribution is 5.95. The van der Waals surface area contributed by atoms with Crippen LogP contribution in [0.5, 0.6) is 0 Å². The third kappa shape index (κ3) is 3.39. The van der Waals surface area contributed by atoms with Gasteiger partial charge in [-0.2, -0.15) is 0 Å². The molecule has 0 atom stereocenters. The lowest BCUT2D eigenvalue weighted by atomic mass is 9.89. The number of fused-ring (bicyclic) bond motifs is 2. The summed E-state index contributed by atoms with van der Waals surface area (Å²) in [5.74, 6) is -0.217. The number of hydrogen-bond donors (Lipinski definition) is 2. The Morgan fingerprint density at radius 2 is 2.00 bits per heavy atom. The van der Waals surface area contributed by atoms with Crippen molar-refractivity contribution < 1.29 is 9.90 Å². The maximum Gasteiger partial charge on any atom is 0.335 e. The molecule has 2 heterocycles. The van der Waals surface area contributed by atoms with Crippen LogP contribution in [-0.2, 0) is 13.0 Å². The molecule has 29 heavy (non-hydrogen) atoms. The fourth-order valence-electron chi connectivity index (χ4n) is 4.72. The lowest BCUT2D eigenvalue weighted by Gasteiger charge is -2.22. The van der Waals surface area contributed by atoms with Gasteiger partial charge in [-0.3, -0.25) is 5.10 Å². The first kappa shape index (κ1) is 17.9. The molecule has 0 spiro atoms. The lowest BCUT2D eigenvalue weighted by molar-refractivity contribution is 0.0697. The number of carboxylic acids is 1. The quantitative estimate of drug-likeness (QED) is 0.515. The van der Waals surface area contributed by atoms with Crippen LogP contribution in [0.3, 0.4) is 0 Å². The van der Waals surface area contributed by atoms with Crippen LogP contribution < -0.4 is 0 Å². The molecule has 1 aliphatic rings. The molecule has 0 bridgehead atoms. The number of nitrogens with one attached hydrogen (secondary N) is 1. The van der Waals surface area contributed by atoms with Crippen LogP contribution in [0, 0.1) is 5.92 Å². The van der Waals surface area contributed by atoms with E-state index in [1.165, 1.54) is 37.7 Å². The van der Waals surface area contributed by atoms with Gasteiger partial charge in [0.15, 0.2) is 0 Å². The number of carbonyl (C=O) groups is 1. The topological polar surface area (TPSA) is 83.8 Å². The van der Waals surface area contributed by atoms with E-state index in [1.807, 2.05) is 24.3 Å². The average molecular weight is 388 g/mol. The summed E-state index contributed by atoms with van der Waals surface area (Å²) >= 11 is 0. The minimum Gasteiger partial charge on any atom is -0.478 e. The summed E-state index contributed by atoms with van der Waals surface area (Å²) in [6.07, 6.45) is 9.39. The SMILES string of the molecule is O=C(O)c1ccc2c(Cc3cccc4[nH]nnc34)cn(CC3CCCCC3)c2c1. The summed E-state index contributed by atoms with van der Waals surface area (Å²) in [6.45, 7) is 0.952. The molecular formula is C23H24N4O2. The first-order valence-corrected chi connectivity index (χ1v) is 10.3. The molecule has 6 heteroatoms. The van der Waals surface area contributed by atoms with E-state index in [-0.39, 0.29) is 0 Å². The van der Waals surface area contributed by atoms with Crippen molar-refractivity contribution in [2.24, 2.45) is 5.92 Å². The van der Waals surface area contributed by atoms with Gasteiger partial charge in [0.05, 0.1) is 11.1 Å². The van der Waals surface area contributed by atoms with E-state index in [0.29, 0.717) is 11.5 Å². The number of carboxylic acid groups (broad SMARTS) is 1. The van der Waals surface area contributed by atoms with E-state index in [9.17, 15) is 9.90 Å². The number of aromatic carboxylic acids is 1. The third-order valence-electron chi connectivity index (χ3n) is 6.21. The Morgan fingerprint density at radius 1 is 1.14 bits per heavy atom. The molecule has 0 radical (unpaired) electrons. The van der Waals surface area contributed by atoms with Crippen molar-refractivity contribution >= 4 is 27.9 Å². The van der Waals surface area contributed by atoms with E-state index < -0.39 is 5.97 Å². The Balaban J connectivity index is 1.57. The molecule has 1 saturated carbocycles. The summed E-state index contributed by atoms with van der Waals surface area (Å²) in [7, 11) is 0. The minimum absolute atomic E-state index is 0.339. The highest BCUT2D eigenvalue weighted by Gasteiger charge is 2.18. The molecule has 2 aromatic carbocycles. The van der Waals surface area contributed by atoms with Gasteiger partial charge in [0.1, 0.15) is 5.52 Å². The Bertz CT molecular complexity index is 1180. The monoisotopic (exact) mass is 388 g/mol. The molecule has 0 amide bonds. The van der Waals surface area contributed by atoms with Gasteiger partial charge in [0.2, 0.25) is 0 Å². The van der Waals surface area contributed by atoms with Crippen molar-refractivity contribution in [3.8, 4) is 0 Å². The number of aromatic amines is 1. The highest BCUT2D eigenvalue weighted by atomic mass is 16.4. The smallest absolute Gasteiger partial charge is 0.335 e. The molecule has 0 saturated heterocycles. The predicted octanol–water partition coefficient (Wildman–Crippen LogP) is 4.78. The van der Waals surface area contributed by atoms with E-state index in [2.05, 4.69) is 32.2 Å². The largest absolute Gasteiger partial charge is 0.478 e. The first-order valence-electron chi connectivity index (χ1n) is 10.3. The second-order valence-electron chi connectivity index (χ2n) is 8.15. The first-order chi connectivity index (χ1) is 14.2. The number of hydrogen-bond acceptors (Lipinski definition) is 3. The molecule has 0 aliphatic heterocycles. The maximum absolute atomic E-state index is 11.5. The zero-order valence-corrected chi connectivity index (χ0v) is 16.3. The average Bonchev–Trinajstić information content (AvgIpc) is 3.34. The standard InChI is InChI=1S/C23H24N4O2/c28-23(29)17-9-10-19-18(11-16-7-4-8-20-22(16)25-26-24-20)14-27(21(19)12-17)13-15-5-2-1-3-6-15/h4,7-10,12,14-15H,1-3,5-6,11,13H2,(H,28,29)(H,24,25,26). The zero-order chi connectivity index (χ0) is 19.8. The van der Waals surface area contributed by atoms with E-state index in [1.54, 1.807) is 6.07 Å². The number of benzene rings is 2. The van der Waals surface area contributed by atoms with Crippen LogP contribution in [0.2, 0.25) is 0 Å². The molecular weight excluding hydrogens is 364 g/mol. The summed E-state index contributed by atoms with van der Waals surface area (Å²) < 4.78 is 2.27. The second kappa shape index (κ2) is 7.35. The molecule has 1 fully saturated rings. The number of nitrogens with zero attached hydrogens (tertiary/aromatic N) is 3. The van der Waals surface area contributed by atoms with Gasteiger partial charge in [-0.05, 0) is 48.1 Å². The molecule has 6 nitrogen and oxygen atoms in total. The summed E-state index contributed by atoms with van der Waals surface area (Å²) in [5.41, 5.74) is 5.49. The van der Waals surface area contributed by atoms with Gasteiger partial charge in [-0.25, -0.2) is 4.79 Å². The van der Waals surface area contributed by atoms with E-state index in [0.717, 1.165) is 40.5 Å². The van der Waals surface area contributed by atoms with Gasteiger partial charge >= 0.3 is 5.97 Å². The molecule has 2 aromatic heterocycles. The van der Waals surface area contributed by atoms with Crippen LogP contribution in [0.15, 0.2) is 42.6 Å². The van der Waals surface area contributed by atoms with Crippen molar-refractivity contribution in [2.75, 3.05) is 0 Å². The van der Waals surface area contributed by atoms with Gasteiger partial charge in [0, 0.05) is 30.1 Å². The van der Waals surface area contributed by atoms with Crippen LogP contribution in [0.4, 0.5) is 0 Å². The summed E-state index contributed by atoms with van der Waals surface area (Å²) in [4.78, 5) is 11.5. The van der Waals surface area contributed by atoms with Crippen molar-refractivity contribution in [3.63, 3.8) is 0 Å². The van der Waals surface area contributed by atoms with Crippen molar-refractivity contribution in [2.45, 2.75) is 45.1 Å². The zero-order valence-electron chi connectivity index (χ0n) is 16.3. The number of H-pyrrole nitrogens is 1. The van der Waals surface area contributed by atoms with Crippen LogP contribution >= 0.6 is 0 Å². The Hall–Kier alpha value is -3.15. The van der Waals surface area contributed by atoms with E-state index >= 15 is 0 Å². The fraction of sp³-hybridized carbons (Fsp3) is 0.348. The van der Waals surface area contributed by atoms with Gasteiger partial charge < -0.3 is 9.67 Å². The highest BCUT2D eigenvalue weighted by Crippen LogP contribution is 2.30. The van der Waals surface area contributed by atoms with Gasteiger partial charge in [-0.1, -0.05) is 42.7 Å². The fourth-order valence-corrected chi connectivity index (χ4v) is 4.72. The normalized spacial score (nSPS) is 15.3. The Labute approximate surface area is 168 Å². The van der Waals surface area contributed by atoms with Gasteiger partial charge in [0.25, 0.3) is 0 Å². The minimum atomic E-state index is -0.883. The second-order valence-corrected chi connectivity index (χ2v) is 8.15. The molecule has 5 rings (SSSR count). The van der Waals surface area contributed by atoms with Crippen molar-refractivity contribution in [3.05, 3.63) is 59.3 Å². The molecule has 148 valence electrons. The molecule has 4 aromatic rings.